The first-order valence-electron chi connectivity index (χ1n) is 15.2. The lowest BCUT2D eigenvalue weighted by molar-refractivity contribution is -0.140. The number of carbonyl (C=O) groups is 1. The van der Waals surface area contributed by atoms with Crippen LogP contribution in [0.5, 0.6) is 0 Å². The van der Waals surface area contributed by atoms with Gasteiger partial charge in [-0.05, 0) is 59.0 Å². The minimum absolute atomic E-state index is 0.0919. The van der Waals surface area contributed by atoms with Crippen LogP contribution in [0.25, 0.3) is 0 Å². The molecular weight excluding hydrogens is 450 g/mol. The first kappa shape index (κ1) is 35.1. The number of hydrogen-bond donors (Lipinski definition) is 0. The molecule has 0 aromatic carbocycles. The number of allylic oxidation sites excluding steroid dienone is 2. The summed E-state index contributed by atoms with van der Waals surface area (Å²) >= 11 is 0. The number of esters is 1. The van der Waals surface area contributed by atoms with E-state index in [9.17, 15) is 4.79 Å². The van der Waals surface area contributed by atoms with E-state index in [2.05, 4.69) is 42.8 Å². The van der Waals surface area contributed by atoms with E-state index in [1.165, 1.54) is 90.6 Å². The minimum atomic E-state index is -0.0919. The van der Waals surface area contributed by atoms with E-state index >= 15 is 0 Å². The summed E-state index contributed by atoms with van der Waals surface area (Å²) in [5, 5.41) is 0. The van der Waals surface area contributed by atoms with Gasteiger partial charge >= 0.3 is 5.97 Å². The molecule has 0 saturated carbocycles. The van der Waals surface area contributed by atoms with Crippen molar-refractivity contribution < 1.29 is 19.0 Å². The van der Waals surface area contributed by atoms with Crippen LogP contribution in [0.1, 0.15) is 129 Å². The fourth-order valence-corrected chi connectivity index (χ4v) is 4.17. The van der Waals surface area contributed by atoms with Gasteiger partial charge < -0.3 is 19.1 Å². The van der Waals surface area contributed by atoms with Crippen molar-refractivity contribution in [2.45, 2.75) is 135 Å². The van der Waals surface area contributed by atoms with Crippen molar-refractivity contribution in [2.75, 3.05) is 47.6 Å². The maximum absolute atomic E-state index is 11.0. The third kappa shape index (κ3) is 26.2. The van der Waals surface area contributed by atoms with Gasteiger partial charge in [0.25, 0.3) is 0 Å². The Morgan fingerprint density at radius 2 is 1.11 bits per heavy atom. The maximum atomic E-state index is 11.0. The molecule has 5 heteroatoms. The molecule has 36 heavy (non-hydrogen) atoms. The van der Waals surface area contributed by atoms with Crippen LogP contribution in [0.2, 0.25) is 0 Å². The number of likely N-dealkylation sites (N-methyl/N-ethyl adjacent to an activating group) is 1. The molecule has 0 amide bonds. The second-order valence-corrected chi connectivity index (χ2v) is 10.4. The van der Waals surface area contributed by atoms with Gasteiger partial charge in [-0.25, -0.2) is 0 Å². The number of ether oxygens (including phenoxy) is 3. The third-order valence-electron chi connectivity index (χ3n) is 6.80. The molecule has 0 rings (SSSR count). The van der Waals surface area contributed by atoms with Crippen molar-refractivity contribution in [3.05, 3.63) is 12.2 Å². The number of carbonyl (C=O) groups excluding carboxylic acids is 1. The second-order valence-electron chi connectivity index (χ2n) is 10.4. The summed E-state index contributed by atoms with van der Waals surface area (Å²) in [6, 6.07) is 0.350. The lowest BCUT2D eigenvalue weighted by atomic mass is 10.1. The molecule has 0 aromatic rings. The van der Waals surface area contributed by atoms with Crippen LogP contribution in [0.15, 0.2) is 12.2 Å². The van der Waals surface area contributed by atoms with E-state index in [-0.39, 0.29) is 5.97 Å². The lowest BCUT2D eigenvalue weighted by Gasteiger charge is -2.24. The Morgan fingerprint density at radius 1 is 0.667 bits per heavy atom. The second kappa shape index (κ2) is 28.7. The highest BCUT2D eigenvalue weighted by molar-refractivity contribution is 5.68. The Labute approximate surface area is 224 Å². The average Bonchev–Trinajstić information content (AvgIpc) is 2.87. The molecule has 0 bridgehead atoms. The van der Waals surface area contributed by atoms with Gasteiger partial charge in [-0.15, -0.1) is 0 Å². The summed E-state index contributed by atoms with van der Waals surface area (Å²) in [5.74, 6) is -0.0919. The van der Waals surface area contributed by atoms with Gasteiger partial charge in [0.2, 0.25) is 0 Å². The number of unbranched alkanes of at least 4 members (excludes halogenated alkanes) is 15. The summed E-state index contributed by atoms with van der Waals surface area (Å²) in [5.41, 5.74) is 0. The van der Waals surface area contributed by atoms with E-state index in [4.69, 9.17) is 9.47 Å². The van der Waals surface area contributed by atoms with Crippen molar-refractivity contribution in [1.29, 1.82) is 0 Å². The van der Waals surface area contributed by atoms with Crippen LogP contribution >= 0.6 is 0 Å². The summed E-state index contributed by atoms with van der Waals surface area (Å²) in [6.07, 6.45) is 27.7. The molecule has 1 unspecified atom stereocenters. The van der Waals surface area contributed by atoms with Crippen molar-refractivity contribution in [3.63, 3.8) is 0 Å². The van der Waals surface area contributed by atoms with E-state index < -0.39 is 0 Å². The minimum Gasteiger partial charge on any atom is -0.469 e. The molecular formula is C31H61NO4. The Hall–Kier alpha value is -0.910. The van der Waals surface area contributed by atoms with Gasteiger partial charge in [-0.2, -0.15) is 0 Å². The predicted octanol–water partition coefficient (Wildman–Crippen LogP) is 8.11. The normalized spacial score (nSPS) is 12.6. The maximum Gasteiger partial charge on any atom is 0.305 e. The van der Waals surface area contributed by atoms with Gasteiger partial charge in [-0.1, -0.05) is 89.7 Å². The topological polar surface area (TPSA) is 48.0 Å². The van der Waals surface area contributed by atoms with Crippen LogP contribution in [0.4, 0.5) is 0 Å². The molecule has 1 atom stereocenters. The van der Waals surface area contributed by atoms with Crippen molar-refractivity contribution in [1.82, 2.24) is 4.90 Å². The molecule has 0 aliphatic carbocycles. The zero-order valence-corrected chi connectivity index (χ0v) is 24.6. The highest BCUT2D eigenvalue weighted by atomic mass is 16.5. The number of hydrogen-bond acceptors (Lipinski definition) is 5. The molecule has 0 aromatic heterocycles. The van der Waals surface area contributed by atoms with Gasteiger partial charge in [0.05, 0.1) is 26.4 Å². The van der Waals surface area contributed by atoms with Crippen LogP contribution in [-0.2, 0) is 19.0 Å². The van der Waals surface area contributed by atoms with Gasteiger partial charge in [-0.3, -0.25) is 4.79 Å². The number of methoxy groups -OCH3 is 1. The van der Waals surface area contributed by atoms with Crippen molar-refractivity contribution in [3.8, 4) is 0 Å². The molecule has 214 valence electrons. The Bertz CT molecular complexity index is 481. The van der Waals surface area contributed by atoms with Crippen molar-refractivity contribution in [2.24, 2.45) is 0 Å². The Balaban J connectivity index is 3.43. The van der Waals surface area contributed by atoms with Crippen LogP contribution in [0, 0.1) is 0 Å². The van der Waals surface area contributed by atoms with Gasteiger partial charge in [0, 0.05) is 19.6 Å². The molecule has 5 nitrogen and oxygen atoms in total. The third-order valence-corrected chi connectivity index (χ3v) is 6.80. The molecule has 0 N–H and O–H groups in total. The van der Waals surface area contributed by atoms with E-state index in [0.717, 1.165) is 58.5 Å². The quantitative estimate of drug-likeness (QED) is 0.0603. The predicted molar refractivity (Wildman–Crippen MR) is 154 cm³/mol. The number of rotatable bonds is 28. The molecule has 0 radical (unpaired) electrons. The molecule has 0 heterocycles. The first-order chi connectivity index (χ1) is 17.6. The zero-order valence-electron chi connectivity index (χ0n) is 24.6. The van der Waals surface area contributed by atoms with Gasteiger partial charge in [0.1, 0.15) is 0 Å². The van der Waals surface area contributed by atoms with Crippen LogP contribution < -0.4 is 0 Å². The summed E-state index contributed by atoms with van der Waals surface area (Å²) in [6.45, 7) is 5.55. The van der Waals surface area contributed by atoms with E-state index in [1.807, 2.05) is 0 Å². The molecule has 0 spiro atoms. The monoisotopic (exact) mass is 511 g/mol. The molecule has 0 fully saturated rings. The smallest absolute Gasteiger partial charge is 0.305 e. The standard InChI is InChI=1S/C31H61NO4/c1-5-6-7-8-17-20-23-26-35-28-30(32(2)3)29-36-27-24-21-18-15-13-11-9-10-12-14-16-19-22-25-31(33)34-4/h10,12,30H,5-9,11,13-29H2,1-4H3. The molecule has 0 aliphatic rings. The Morgan fingerprint density at radius 3 is 1.58 bits per heavy atom. The fourth-order valence-electron chi connectivity index (χ4n) is 4.17. The number of nitrogens with zero attached hydrogens (tertiary/aromatic N) is 1. The summed E-state index contributed by atoms with van der Waals surface area (Å²) in [4.78, 5) is 13.3. The van der Waals surface area contributed by atoms with E-state index in [0.29, 0.717) is 12.5 Å². The zero-order chi connectivity index (χ0) is 26.5. The first-order valence-corrected chi connectivity index (χ1v) is 15.2. The highest BCUT2D eigenvalue weighted by Crippen LogP contribution is 2.10. The fraction of sp³-hybridized carbons (Fsp3) is 0.903. The average molecular weight is 512 g/mol. The van der Waals surface area contributed by atoms with E-state index in [1.54, 1.807) is 0 Å². The Kier molecular flexibility index (Phi) is 27.9. The molecule has 0 aliphatic heterocycles. The molecule has 0 saturated heterocycles. The lowest BCUT2D eigenvalue weighted by Crippen LogP contribution is -2.37. The van der Waals surface area contributed by atoms with Gasteiger partial charge in [0.15, 0.2) is 0 Å². The summed E-state index contributed by atoms with van der Waals surface area (Å²) < 4.78 is 16.6. The summed E-state index contributed by atoms with van der Waals surface area (Å²) in [7, 11) is 5.69. The van der Waals surface area contributed by atoms with Crippen LogP contribution in [0.3, 0.4) is 0 Å². The SMILES string of the molecule is CCCCCCCCCOCC(COCCCCCCCCC=CCCCCCC(=O)OC)N(C)C. The van der Waals surface area contributed by atoms with Crippen molar-refractivity contribution >= 4 is 5.97 Å². The highest BCUT2D eigenvalue weighted by Gasteiger charge is 2.11. The largest absolute Gasteiger partial charge is 0.469 e. The van der Waals surface area contributed by atoms with Crippen LogP contribution in [-0.4, -0.2) is 64.5 Å².